The number of primary amides is 1. The van der Waals surface area contributed by atoms with E-state index in [1.165, 1.54) is 0 Å². The van der Waals surface area contributed by atoms with Crippen LogP contribution in [0.2, 0.25) is 0 Å². The lowest BCUT2D eigenvalue weighted by molar-refractivity contribution is -0.126. The number of anilines is 1. The quantitative estimate of drug-likeness (QED) is 0.731. The Kier molecular flexibility index (Phi) is 5.30. The molecule has 1 fully saturated rings. The second-order valence-electron chi connectivity index (χ2n) is 5.33. The maximum Gasteiger partial charge on any atom is 0.238 e. The van der Waals surface area contributed by atoms with Gasteiger partial charge in [-0.2, -0.15) is 0 Å². The molecule has 6 nitrogen and oxygen atoms in total. The molecule has 0 saturated carbocycles. The highest BCUT2D eigenvalue weighted by Crippen LogP contribution is 2.17. The van der Waals surface area contributed by atoms with E-state index in [2.05, 4.69) is 5.32 Å². The molecule has 6 heteroatoms. The standard InChI is InChI=1S/C15H22N4O2/c16-9-11-4-6-12(7-5-11)18-14(20)10-19-8-2-1-3-13(19)15(17)21/h4-7,13H,1-3,8-10,16H2,(H2,17,21)(H,18,20). The minimum atomic E-state index is -0.352. The molecule has 0 radical (unpaired) electrons. The summed E-state index contributed by atoms with van der Waals surface area (Å²) in [5.74, 6) is -0.488. The molecular weight excluding hydrogens is 268 g/mol. The Morgan fingerprint density at radius 2 is 1.95 bits per heavy atom. The number of nitrogens with zero attached hydrogens (tertiary/aromatic N) is 1. The smallest absolute Gasteiger partial charge is 0.238 e. The topological polar surface area (TPSA) is 101 Å². The van der Waals surface area contributed by atoms with Crippen LogP contribution in [-0.2, 0) is 16.1 Å². The van der Waals surface area contributed by atoms with Gasteiger partial charge in [0.25, 0.3) is 0 Å². The third-order valence-electron chi connectivity index (χ3n) is 3.76. The van der Waals surface area contributed by atoms with Crippen molar-refractivity contribution in [2.75, 3.05) is 18.4 Å². The molecular formula is C15H22N4O2. The number of piperidine rings is 1. The van der Waals surface area contributed by atoms with Crippen molar-refractivity contribution in [1.82, 2.24) is 4.90 Å². The predicted octanol–water partition coefficient (Wildman–Crippen LogP) is 0.424. The molecule has 21 heavy (non-hydrogen) atoms. The largest absolute Gasteiger partial charge is 0.368 e. The first-order chi connectivity index (χ1) is 10.1. The van der Waals surface area contributed by atoms with Gasteiger partial charge in [-0.3, -0.25) is 14.5 Å². The lowest BCUT2D eigenvalue weighted by atomic mass is 10.0. The monoisotopic (exact) mass is 290 g/mol. The Morgan fingerprint density at radius 3 is 2.57 bits per heavy atom. The lowest BCUT2D eigenvalue weighted by Gasteiger charge is -2.32. The number of nitrogens with one attached hydrogen (secondary N) is 1. The van der Waals surface area contributed by atoms with Gasteiger partial charge in [0.15, 0.2) is 0 Å². The molecule has 1 aromatic rings. The Hall–Kier alpha value is -1.92. The van der Waals surface area contributed by atoms with Crippen LogP contribution in [-0.4, -0.2) is 35.8 Å². The Balaban J connectivity index is 1.92. The summed E-state index contributed by atoms with van der Waals surface area (Å²) in [6, 6.07) is 7.07. The van der Waals surface area contributed by atoms with Gasteiger partial charge < -0.3 is 16.8 Å². The van der Waals surface area contributed by atoms with Crippen LogP contribution < -0.4 is 16.8 Å². The number of nitrogens with two attached hydrogens (primary N) is 2. The van der Waals surface area contributed by atoms with Crippen molar-refractivity contribution < 1.29 is 9.59 Å². The van der Waals surface area contributed by atoms with E-state index in [9.17, 15) is 9.59 Å². The molecule has 0 aliphatic carbocycles. The minimum Gasteiger partial charge on any atom is -0.368 e. The molecule has 1 heterocycles. The maximum absolute atomic E-state index is 12.1. The van der Waals surface area contributed by atoms with Crippen molar-refractivity contribution in [2.45, 2.75) is 31.8 Å². The van der Waals surface area contributed by atoms with Crippen LogP contribution in [0.3, 0.4) is 0 Å². The van der Waals surface area contributed by atoms with Gasteiger partial charge in [0.05, 0.1) is 12.6 Å². The van der Waals surface area contributed by atoms with Crippen molar-refractivity contribution in [3.8, 4) is 0 Å². The van der Waals surface area contributed by atoms with E-state index in [4.69, 9.17) is 11.5 Å². The van der Waals surface area contributed by atoms with E-state index in [0.29, 0.717) is 6.54 Å². The number of likely N-dealkylation sites (tertiary alicyclic amines) is 1. The fourth-order valence-electron chi connectivity index (χ4n) is 2.61. The summed E-state index contributed by atoms with van der Waals surface area (Å²) in [7, 11) is 0. The van der Waals surface area contributed by atoms with Crippen LogP contribution in [0.5, 0.6) is 0 Å². The third-order valence-corrected chi connectivity index (χ3v) is 3.76. The Bertz CT molecular complexity index is 501. The van der Waals surface area contributed by atoms with Crippen LogP contribution in [0.1, 0.15) is 24.8 Å². The van der Waals surface area contributed by atoms with Crippen molar-refractivity contribution >= 4 is 17.5 Å². The van der Waals surface area contributed by atoms with Crippen LogP contribution in [0.15, 0.2) is 24.3 Å². The predicted molar refractivity (Wildman–Crippen MR) is 81.4 cm³/mol. The first kappa shape index (κ1) is 15.5. The zero-order valence-corrected chi connectivity index (χ0v) is 12.0. The van der Waals surface area contributed by atoms with E-state index in [0.717, 1.165) is 37.1 Å². The van der Waals surface area contributed by atoms with Gasteiger partial charge in [0.1, 0.15) is 0 Å². The lowest BCUT2D eigenvalue weighted by Crippen LogP contribution is -2.50. The normalized spacial score (nSPS) is 19.2. The fourth-order valence-corrected chi connectivity index (χ4v) is 2.61. The molecule has 1 aliphatic heterocycles. The highest BCUT2D eigenvalue weighted by atomic mass is 16.2. The summed E-state index contributed by atoms with van der Waals surface area (Å²) < 4.78 is 0. The summed E-state index contributed by atoms with van der Waals surface area (Å²) in [5, 5.41) is 2.83. The summed E-state index contributed by atoms with van der Waals surface area (Å²) in [5.41, 5.74) is 12.7. The van der Waals surface area contributed by atoms with E-state index in [-0.39, 0.29) is 24.4 Å². The third kappa shape index (κ3) is 4.27. The Morgan fingerprint density at radius 1 is 1.24 bits per heavy atom. The average molecular weight is 290 g/mol. The van der Waals surface area contributed by atoms with Crippen molar-refractivity contribution in [3.05, 3.63) is 29.8 Å². The second kappa shape index (κ2) is 7.19. The first-order valence-corrected chi connectivity index (χ1v) is 7.22. The molecule has 1 unspecified atom stereocenters. The van der Waals surface area contributed by atoms with Gasteiger partial charge in [-0.25, -0.2) is 0 Å². The number of amides is 2. The van der Waals surface area contributed by atoms with E-state index in [1.54, 1.807) is 0 Å². The molecule has 0 aromatic heterocycles. The highest BCUT2D eigenvalue weighted by Gasteiger charge is 2.28. The second-order valence-corrected chi connectivity index (χ2v) is 5.33. The number of hydrogen-bond acceptors (Lipinski definition) is 4. The summed E-state index contributed by atoms with van der Waals surface area (Å²) in [4.78, 5) is 25.3. The molecule has 2 amide bonds. The van der Waals surface area contributed by atoms with Crippen LogP contribution in [0, 0.1) is 0 Å². The maximum atomic E-state index is 12.1. The number of hydrogen-bond donors (Lipinski definition) is 3. The summed E-state index contributed by atoms with van der Waals surface area (Å²) in [6.07, 6.45) is 2.70. The van der Waals surface area contributed by atoms with Crippen molar-refractivity contribution in [3.63, 3.8) is 0 Å². The molecule has 0 spiro atoms. The molecule has 0 bridgehead atoms. The fraction of sp³-hybridized carbons (Fsp3) is 0.467. The zero-order valence-electron chi connectivity index (χ0n) is 12.0. The van der Waals surface area contributed by atoms with Crippen LogP contribution >= 0.6 is 0 Å². The molecule has 1 aromatic carbocycles. The molecule has 1 saturated heterocycles. The van der Waals surface area contributed by atoms with Gasteiger partial charge in [-0.15, -0.1) is 0 Å². The van der Waals surface area contributed by atoms with Gasteiger partial charge in [-0.05, 0) is 37.1 Å². The molecule has 1 aliphatic rings. The summed E-state index contributed by atoms with van der Waals surface area (Å²) in [6.45, 7) is 1.39. The minimum absolute atomic E-state index is 0.136. The van der Waals surface area contributed by atoms with Crippen LogP contribution in [0.4, 0.5) is 5.69 Å². The van der Waals surface area contributed by atoms with E-state index >= 15 is 0 Å². The van der Waals surface area contributed by atoms with Crippen LogP contribution in [0.25, 0.3) is 0 Å². The van der Waals surface area contributed by atoms with E-state index in [1.807, 2.05) is 29.2 Å². The Labute approximate surface area is 124 Å². The average Bonchev–Trinajstić information content (AvgIpc) is 2.48. The highest BCUT2D eigenvalue weighted by molar-refractivity contribution is 5.92. The van der Waals surface area contributed by atoms with Gasteiger partial charge in [0, 0.05) is 12.2 Å². The number of benzene rings is 1. The molecule has 114 valence electrons. The SMILES string of the molecule is NCc1ccc(NC(=O)CN2CCCCC2C(N)=O)cc1. The first-order valence-electron chi connectivity index (χ1n) is 7.22. The van der Waals surface area contributed by atoms with Gasteiger partial charge >= 0.3 is 0 Å². The van der Waals surface area contributed by atoms with Gasteiger partial charge in [0.2, 0.25) is 11.8 Å². The number of carbonyl (C=O) groups is 2. The van der Waals surface area contributed by atoms with Crippen molar-refractivity contribution in [1.29, 1.82) is 0 Å². The van der Waals surface area contributed by atoms with Crippen molar-refractivity contribution in [2.24, 2.45) is 11.5 Å². The van der Waals surface area contributed by atoms with E-state index < -0.39 is 0 Å². The number of carbonyl (C=O) groups excluding carboxylic acids is 2. The molecule has 2 rings (SSSR count). The van der Waals surface area contributed by atoms with Gasteiger partial charge in [-0.1, -0.05) is 18.6 Å². The summed E-state index contributed by atoms with van der Waals surface area (Å²) >= 11 is 0. The molecule has 1 atom stereocenters. The molecule has 5 N–H and O–H groups in total. The zero-order chi connectivity index (χ0) is 15.2. The number of rotatable bonds is 5.